The molecule has 8 heteroatoms. The van der Waals surface area contributed by atoms with E-state index < -0.39 is 12.0 Å². The van der Waals surface area contributed by atoms with Gasteiger partial charge in [-0.3, -0.25) is 24.3 Å². The molecule has 0 saturated carbocycles. The molecule has 2 aliphatic rings. The second-order valence-electron chi connectivity index (χ2n) is 8.01. The zero-order chi connectivity index (χ0) is 21.7. The van der Waals surface area contributed by atoms with Crippen LogP contribution in [0.5, 0.6) is 0 Å². The fourth-order valence-electron chi connectivity index (χ4n) is 3.90. The number of amides is 3. The quantitative estimate of drug-likeness (QED) is 0.301. The molecule has 0 radical (unpaired) electrons. The summed E-state index contributed by atoms with van der Waals surface area (Å²) >= 11 is 0. The molecule has 30 heavy (non-hydrogen) atoms. The third-order valence-electron chi connectivity index (χ3n) is 5.39. The standard InChI is InChI=1S/C22H27N3O5/c1-14(2)13-18(25-20(27)16-5-3-4-6-17(16)21(25)28)22(29)30-12-11-24-19(26)15-7-9-23-10-8-15/h3-4,7-10,14,16-18H,5-6,11-13H2,1-2H3,(H,24,26)/t16-,17-,18-/m1/s1. The van der Waals surface area contributed by atoms with Crippen LogP contribution in [0.3, 0.4) is 0 Å². The minimum absolute atomic E-state index is 0.0467. The first-order valence-electron chi connectivity index (χ1n) is 10.3. The van der Waals surface area contributed by atoms with E-state index in [9.17, 15) is 19.2 Å². The molecule has 1 aliphatic heterocycles. The number of carbonyl (C=O) groups is 4. The number of pyridine rings is 1. The van der Waals surface area contributed by atoms with Crippen LogP contribution in [0.2, 0.25) is 0 Å². The number of hydrogen-bond acceptors (Lipinski definition) is 6. The lowest BCUT2D eigenvalue weighted by Crippen LogP contribution is -2.47. The zero-order valence-corrected chi connectivity index (χ0v) is 17.2. The van der Waals surface area contributed by atoms with Crippen molar-refractivity contribution in [1.29, 1.82) is 0 Å². The average molecular weight is 413 g/mol. The molecule has 3 rings (SSSR count). The van der Waals surface area contributed by atoms with Crippen molar-refractivity contribution < 1.29 is 23.9 Å². The largest absolute Gasteiger partial charge is 0.462 e. The number of nitrogens with one attached hydrogen (secondary N) is 1. The van der Waals surface area contributed by atoms with Gasteiger partial charge in [0.05, 0.1) is 18.4 Å². The molecular weight excluding hydrogens is 386 g/mol. The molecule has 1 N–H and O–H groups in total. The number of nitrogens with zero attached hydrogens (tertiary/aromatic N) is 2. The van der Waals surface area contributed by atoms with Gasteiger partial charge < -0.3 is 10.1 Å². The molecule has 1 aromatic rings. The molecular formula is C22H27N3O5. The van der Waals surface area contributed by atoms with Crippen molar-refractivity contribution in [3.63, 3.8) is 0 Å². The number of fused-ring (bicyclic) bond motifs is 1. The van der Waals surface area contributed by atoms with Crippen molar-refractivity contribution in [2.45, 2.75) is 39.2 Å². The van der Waals surface area contributed by atoms with Crippen molar-refractivity contribution in [3.05, 3.63) is 42.2 Å². The lowest BCUT2D eigenvalue weighted by atomic mass is 9.85. The highest BCUT2D eigenvalue weighted by molar-refractivity contribution is 6.08. The van der Waals surface area contributed by atoms with Crippen molar-refractivity contribution >= 4 is 23.7 Å². The van der Waals surface area contributed by atoms with E-state index in [1.807, 2.05) is 26.0 Å². The number of esters is 1. The van der Waals surface area contributed by atoms with E-state index in [1.165, 1.54) is 12.4 Å². The minimum atomic E-state index is -0.938. The van der Waals surface area contributed by atoms with Crippen LogP contribution in [0.25, 0.3) is 0 Å². The summed E-state index contributed by atoms with van der Waals surface area (Å²) in [6.45, 7) is 3.93. The Kier molecular flexibility index (Phi) is 6.97. The minimum Gasteiger partial charge on any atom is -0.462 e. The van der Waals surface area contributed by atoms with Crippen molar-refractivity contribution in [2.75, 3.05) is 13.2 Å². The van der Waals surface area contributed by atoms with Gasteiger partial charge in [0.1, 0.15) is 12.6 Å². The van der Waals surface area contributed by atoms with Crippen molar-refractivity contribution in [2.24, 2.45) is 17.8 Å². The van der Waals surface area contributed by atoms with Gasteiger partial charge in [0.25, 0.3) is 5.91 Å². The van der Waals surface area contributed by atoms with E-state index >= 15 is 0 Å². The molecule has 1 aliphatic carbocycles. The lowest BCUT2D eigenvalue weighted by molar-refractivity contribution is -0.159. The number of carbonyl (C=O) groups excluding carboxylic acids is 4. The van der Waals surface area contributed by atoms with Gasteiger partial charge in [-0.15, -0.1) is 0 Å². The van der Waals surface area contributed by atoms with E-state index in [2.05, 4.69) is 10.3 Å². The van der Waals surface area contributed by atoms with Gasteiger partial charge in [-0.05, 0) is 37.3 Å². The summed E-state index contributed by atoms with van der Waals surface area (Å²) < 4.78 is 5.33. The molecule has 160 valence electrons. The molecule has 2 heterocycles. The van der Waals surface area contributed by atoms with Crippen molar-refractivity contribution in [1.82, 2.24) is 15.2 Å². The van der Waals surface area contributed by atoms with Crippen molar-refractivity contribution in [3.8, 4) is 0 Å². The molecule has 1 aromatic heterocycles. The van der Waals surface area contributed by atoms with Gasteiger partial charge in [0.15, 0.2) is 0 Å². The zero-order valence-electron chi connectivity index (χ0n) is 17.2. The Morgan fingerprint density at radius 2 is 1.73 bits per heavy atom. The van der Waals surface area contributed by atoms with Gasteiger partial charge in [0.2, 0.25) is 11.8 Å². The number of allylic oxidation sites excluding steroid dienone is 2. The summed E-state index contributed by atoms with van der Waals surface area (Å²) in [5.74, 6) is -2.17. The summed E-state index contributed by atoms with van der Waals surface area (Å²) in [5.41, 5.74) is 0.457. The number of aromatic nitrogens is 1. The van der Waals surface area contributed by atoms with E-state index in [1.54, 1.807) is 12.1 Å². The highest BCUT2D eigenvalue weighted by Crippen LogP contribution is 2.37. The molecule has 3 atom stereocenters. The highest BCUT2D eigenvalue weighted by Gasteiger charge is 2.51. The van der Waals surface area contributed by atoms with Crippen LogP contribution in [0, 0.1) is 17.8 Å². The number of hydrogen-bond donors (Lipinski definition) is 1. The number of ether oxygens (including phenoxy) is 1. The lowest BCUT2D eigenvalue weighted by Gasteiger charge is -2.26. The molecule has 0 spiro atoms. The summed E-state index contributed by atoms with van der Waals surface area (Å²) in [5, 5.41) is 2.66. The summed E-state index contributed by atoms with van der Waals surface area (Å²) in [4.78, 5) is 55.5. The fourth-order valence-corrected chi connectivity index (χ4v) is 3.90. The predicted molar refractivity (Wildman–Crippen MR) is 108 cm³/mol. The summed E-state index contributed by atoms with van der Waals surface area (Å²) in [6, 6.07) is 2.23. The average Bonchev–Trinajstić information content (AvgIpc) is 3.00. The second kappa shape index (κ2) is 9.65. The summed E-state index contributed by atoms with van der Waals surface area (Å²) in [7, 11) is 0. The molecule has 3 amide bonds. The number of imide groups is 1. The first-order valence-corrected chi connectivity index (χ1v) is 10.3. The van der Waals surface area contributed by atoms with Crippen LogP contribution in [0.15, 0.2) is 36.7 Å². The molecule has 0 unspecified atom stereocenters. The van der Waals surface area contributed by atoms with Crippen LogP contribution < -0.4 is 5.32 Å². The van der Waals surface area contributed by atoms with Crippen LogP contribution in [0.4, 0.5) is 0 Å². The second-order valence-corrected chi connectivity index (χ2v) is 8.01. The molecule has 0 bridgehead atoms. The van der Waals surface area contributed by atoms with Gasteiger partial charge in [-0.25, -0.2) is 4.79 Å². The van der Waals surface area contributed by atoms with Gasteiger partial charge in [0, 0.05) is 18.0 Å². The maximum absolute atomic E-state index is 12.9. The molecule has 8 nitrogen and oxygen atoms in total. The Hall–Kier alpha value is -3.03. The molecule has 0 aromatic carbocycles. The van der Waals surface area contributed by atoms with Crippen LogP contribution >= 0.6 is 0 Å². The number of likely N-dealkylation sites (tertiary alicyclic amines) is 1. The maximum atomic E-state index is 12.9. The Balaban J connectivity index is 1.58. The first kappa shape index (κ1) is 21.7. The smallest absolute Gasteiger partial charge is 0.329 e. The van der Waals surface area contributed by atoms with Crippen LogP contribution in [0.1, 0.15) is 43.5 Å². The molecule has 1 saturated heterocycles. The first-order chi connectivity index (χ1) is 14.4. The summed E-state index contributed by atoms with van der Waals surface area (Å²) in [6.07, 6.45) is 8.25. The topological polar surface area (TPSA) is 106 Å². The predicted octanol–water partition coefficient (Wildman–Crippen LogP) is 1.72. The Bertz CT molecular complexity index is 810. The Morgan fingerprint density at radius 3 is 2.30 bits per heavy atom. The fraction of sp³-hybridized carbons (Fsp3) is 0.500. The van der Waals surface area contributed by atoms with E-state index in [-0.39, 0.29) is 48.6 Å². The van der Waals surface area contributed by atoms with E-state index in [4.69, 9.17) is 4.74 Å². The third-order valence-corrected chi connectivity index (χ3v) is 5.39. The SMILES string of the molecule is CC(C)C[C@H](C(=O)OCCNC(=O)c1ccncc1)N1C(=O)[C@@H]2CC=CC[C@H]2C1=O. The van der Waals surface area contributed by atoms with E-state index in [0.717, 1.165) is 4.90 Å². The van der Waals surface area contributed by atoms with Gasteiger partial charge >= 0.3 is 5.97 Å². The molecule has 1 fully saturated rings. The Labute approximate surface area is 175 Å². The van der Waals surface area contributed by atoms with E-state index in [0.29, 0.717) is 24.8 Å². The maximum Gasteiger partial charge on any atom is 0.329 e. The van der Waals surface area contributed by atoms with Crippen LogP contribution in [-0.2, 0) is 19.1 Å². The van der Waals surface area contributed by atoms with Crippen LogP contribution in [-0.4, -0.2) is 52.8 Å². The Morgan fingerprint density at radius 1 is 1.13 bits per heavy atom. The highest BCUT2D eigenvalue weighted by atomic mass is 16.5. The number of rotatable bonds is 8. The monoisotopic (exact) mass is 413 g/mol. The van der Waals surface area contributed by atoms with Gasteiger partial charge in [-0.1, -0.05) is 26.0 Å². The normalized spacial score (nSPS) is 21.5. The third kappa shape index (κ3) is 4.75. The van der Waals surface area contributed by atoms with Gasteiger partial charge in [-0.2, -0.15) is 0 Å².